The van der Waals surface area contributed by atoms with Crippen LogP contribution in [0.25, 0.3) is 0 Å². The van der Waals surface area contributed by atoms with Gasteiger partial charge in [-0.2, -0.15) is 0 Å². The summed E-state index contributed by atoms with van der Waals surface area (Å²) in [6.45, 7) is 12.3. The van der Waals surface area contributed by atoms with Crippen molar-refractivity contribution < 1.29 is 9.53 Å². The maximum absolute atomic E-state index is 11.6. The average molecular weight is 244 g/mol. The summed E-state index contributed by atoms with van der Waals surface area (Å²) in [4.78, 5) is 11.6. The van der Waals surface area contributed by atoms with Crippen LogP contribution in [0.5, 0.6) is 0 Å². The molecule has 102 valence electrons. The van der Waals surface area contributed by atoms with Gasteiger partial charge in [0.15, 0.2) is 0 Å². The van der Waals surface area contributed by atoms with Crippen LogP contribution in [-0.4, -0.2) is 37.7 Å². The lowest BCUT2D eigenvalue weighted by molar-refractivity contribution is -0.122. The highest BCUT2D eigenvalue weighted by molar-refractivity contribution is 5.81. The Morgan fingerprint density at radius 3 is 2.29 bits per heavy atom. The SMILES string of the molecule is CC(C)CCNC(=O)C(C)NCCOC(C)C. The molecule has 0 aliphatic rings. The Labute approximate surface area is 105 Å². The number of carbonyl (C=O) groups is 1. The molecule has 4 heteroatoms. The number of ether oxygens (including phenoxy) is 1. The summed E-state index contributed by atoms with van der Waals surface area (Å²) in [6, 6.07) is -0.155. The molecule has 17 heavy (non-hydrogen) atoms. The Balaban J connectivity index is 3.53. The fraction of sp³-hybridized carbons (Fsp3) is 0.923. The molecule has 0 rings (SSSR count). The molecule has 0 heterocycles. The summed E-state index contributed by atoms with van der Waals surface area (Å²) >= 11 is 0. The molecule has 0 radical (unpaired) electrons. The van der Waals surface area contributed by atoms with Gasteiger partial charge in [0.25, 0.3) is 0 Å². The van der Waals surface area contributed by atoms with Gasteiger partial charge in [-0.15, -0.1) is 0 Å². The van der Waals surface area contributed by atoms with Gasteiger partial charge in [-0.3, -0.25) is 4.79 Å². The van der Waals surface area contributed by atoms with Gasteiger partial charge in [-0.1, -0.05) is 13.8 Å². The van der Waals surface area contributed by atoms with Crippen LogP contribution < -0.4 is 10.6 Å². The highest BCUT2D eigenvalue weighted by Crippen LogP contribution is 1.96. The van der Waals surface area contributed by atoms with E-state index in [2.05, 4.69) is 24.5 Å². The van der Waals surface area contributed by atoms with E-state index in [1.165, 1.54) is 0 Å². The van der Waals surface area contributed by atoms with Crippen LogP contribution in [0.2, 0.25) is 0 Å². The number of amides is 1. The third kappa shape index (κ3) is 10.3. The molecule has 0 aromatic carbocycles. The quantitative estimate of drug-likeness (QED) is 0.605. The van der Waals surface area contributed by atoms with Gasteiger partial charge in [0.2, 0.25) is 5.91 Å². The molecule has 0 aromatic heterocycles. The van der Waals surface area contributed by atoms with Crippen LogP contribution >= 0.6 is 0 Å². The van der Waals surface area contributed by atoms with Crippen LogP contribution in [0.1, 0.15) is 41.0 Å². The van der Waals surface area contributed by atoms with E-state index in [-0.39, 0.29) is 18.1 Å². The second kappa shape index (κ2) is 9.42. The van der Waals surface area contributed by atoms with E-state index in [1.54, 1.807) is 0 Å². The van der Waals surface area contributed by atoms with Crippen molar-refractivity contribution in [2.24, 2.45) is 5.92 Å². The summed E-state index contributed by atoms with van der Waals surface area (Å²) in [7, 11) is 0. The Morgan fingerprint density at radius 1 is 1.12 bits per heavy atom. The van der Waals surface area contributed by atoms with Crippen molar-refractivity contribution in [3.63, 3.8) is 0 Å². The lowest BCUT2D eigenvalue weighted by Crippen LogP contribution is -2.43. The second-order valence-corrected chi connectivity index (χ2v) is 5.07. The molecule has 1 atom stereocenters. The average Bonchev–Trinajstić information content (AvgIpc) is 2.23. The van der Waals surface area contributed by atoms with Crippen LogP contribution in [0.4, 0.5) is 0 Å². The minimum absolute atomic E-state index is 0.0650. The molecule has 0 saturated carbocycles. The number of hydrogen-bond acceptors (Lipinski definition) is 3. The lowest BCUT2D eigenvalue weighted by atomic mass is 10.1. The maximum atomic E-state index is 11.6. The number of hydrogen-bond donors (Lipinski definition) is 2. The van der Waals surface area contributed by atoms with Gasteiger partial charge >= 0.3 is 0 Å². The second-order valence-electron chi connectivity index (χ2n) is 5.07. The van der Waals surface area contributed by atoms with Crippen molar-refractivity contribution in [3.05, 3.63) is 0 Å². The van der Waals surface area contributed by atoms with Crippen molar-refractivity contribution in [2.45, 2.75) is 53.2 Å². The Bertz CT molecular complexity index is 206. The van der Waals surface area contributed by atoms with E-state index in [1.807, 2.05) is 20.8 Å². The zero-order valence-corrected chi connectivity index (χ0v) is 11.9. The largest absolute Gasteiger partial charge is 0.377 e. The molecular formula is C13H28N2O2. The number of carbonyl (C=O) groups excluding carboxylic acids is 1. The summed E-state index contributed by atoms with van der Waals surface area (Å²) in [5.41, 5.74) is 0. The van der Waals surface area contributed by atoms with E-state index in [4.69, 9.17) is 4.74 Å². The Hall–Kier alpha value is -0.610. The molecular weight excluding hydrogens is 216 g/mol. The number of rotatable bonds is 9. The molecule has 1 amide bonds. The van der Waals surface area contributed by atoms with Crippen LogP contribution in [0.15, 0.2) is 0 Å². The molecule has 0 fully saturated rings. The summed E-state index contributed by atoms with van der Waals surface area (Å²) in [6.07, 6.45) is 1.27. The van der Waals surface area contributed by atoms with Crippen LogP contribution in [-0.2, 0) is 9.53 Å². The predicted octanol–water partition coefficient (Wildman–Crippen LogP) is 1.55. The summed E-state index contributed by atoms with van der Waals surface area (Å²) in [5.74, 6) is 0.688. The topological polar surface area (TPSA) is 50.4 Å². The highest BCUT2D eigenvalue weighted by Gasteiger charge is 2.11. The highest BCUT2D eigenvalue weighted by atomic mass is 16.5. The molecule has 0 saturated heterocycles. The van der Waals surface area contributed by atoms with Gasteiger partial charge < -0.3 is 15.4 Å². The summed E-state index contributed by atoms with van der Waals surface area (Å²) < 4.78 is 5.39. The molecule has 0 bridgehead atoms. The van der Waals surface area contributed by atoms with E-state index in [0.717, 1.165) is 13.0 Å². The zero-order chi connectivity index (χ0) is 13.3. The van der Waals surface area contributed by atoms with Crippen molar-refractivity contribution >= 4 is 5.91 Å². The van der Waals surface area contributed by atoms with E-state index < -0.39 is 0 Å². The molecule has 0 aliphatic heterocycles. The lowest BCUT2D eigenvalue weighted by Gasteiger charge is -2.15. The van der Waals surface area contributed by atoms with E-state index >= 15 is 0 Å². The summed E-state index contributed by atoms with van der Waals surface area (Å²) in [5, 5.41) is 6.06. The van der Waals surface area contributed by atoms with Gasteiger partial charge in [0.1, 0.15) is 0 Å². The van der Waals surface area contributed by atoms with Gasteiger partial charge in [0, 0.05) is 13.1 Å². The van der Waals surface area contributed by atoms with E-state index in [9.17, 15) is 4.79 Å². The third-order valence-electron chi connectivity index (χ3n) is 2.42. The third-order valence-corrected chi connectivity index (χ3v) is 2.42. The molecule has 2 N–H and O–H groups in total. The minimum atomic E-state index is -0.155. The first-order valence-corrected chi connectivity index (χ1v) is 6.56. The monoisotopic (exact) mass is 244 g/mol. The smallest absolute Gasteiger partial charge is 0.236 e. The predicted molar refractivity (Wildman–Crippen MR) is 71.0 cm³/mol. The van der Waals surface area contributed by atoms with Gasteiger partial charge in [-0.25, -0.2) is 0 Å². The van der Waals surface area contributed by atoms with Crippen LogP contribution in [0.3, 0.4) is 0 Å². The van der Waals surface area contributed by atoms with Gasteiger partial charge in [0.05, 0.1) is 18.8 Å². The maximum Gasteiger partial charge on any atom is 0.236 e. The van der Waals surface area contributed by atoms with Crippen molar-refractivity contribution in [3.8, 4) is 0 Å². The van der Waals surface area contributed by atoms with Crippen LogP contribution in [0, 0.1) is 5.92 Å². The van der Waals surface area contributed by atoms with Gasteiger partial charge in [-0.05, 0) is 33.1 Å². The molecule has 4 nitrogen and oxygen atoms in total. The minimum Gasteiger partial charge on any atom is -0.377 e. The first-order valence-electron chi connectivity index (χ1n) is 6.56. The first kappa shape index (κ1) is 16.4. The standard InChI is InChI=1S/C13H28N2O2/c1-10(2)6-7-15-13(16)12(5)14-8-9-17-11(3)4/h10-12,14H,6-9H2,1-5H3,(H,15,16). The first-order chi connectivity index (χ1) is 7.93. The fourth-order valence-corrected chi connectivity index (χ4v) is 1.30. The Kier molecular flexibility index (Phi) is 9.09. The van der Waals surface area contributed by atoms with E-state index in [0.29, 0.717) is 19.1 Å². The molecule has 0 aliphatic carbocycles. The Morgan fingerprint density at radius 2 is 1.76 bits per heavy atom. The fourth-order valence-electron chi connectivity index (χ4n) is 1.30. The normalized spacial score (nSPS) is 13.1. The molecule has 0 spiro atoms. The van der Waals surface area contributed by atoms with Crippen molar-refractivity contribution in [1.82, 2.24) is 10.6 Å². The van der Waals surface area contributed by atoms with Crippen molar-refractivity contribution in [2.75, 3.05) is 19.7 Å². The zero-order valence-electron chi connectivity index (χ0n) is 11.9. The number of nitrogens with one attached hydrogen (secondary N) is 2. The van der Waals surface area contributed by atoms with Crippen molar-refractivity contribution in [1.29, 1.82) is 0 Å². The molecule has 0 aromatic rings. The molecule has 1 unspecified atom stereocenters.